The average molecular weight is 519 g/mol. The predicted octanol–water partition coefficient (Wildman–Crippen LogP) is 5.58. The van der Waals surface area contributed by atoms with Gasteiger partial charge in [-0.2, -0.15) is 13.2 Å². The number of aromatic nitrogens is 5. The number of carbonyl (C=O) groups is 1. The molecule has 12 heteroatoms. The number of carbonyl (C=O) groups excluding carboxylic acids is 1. The van der Waals surface area contributed by atoms with Crippen LogP contribution in [0.5, 0.6) is 0 Å². The molecule has 35 heavy (non-hydrogen) atoms. The normalized spacial score (nSPS) is 11.6. The molecule has 4 aromatic rings. The smallest absolute Gasteiger partial charge is 0.338 e. The lowest BCUT2D eigenvalue weighted by molar-refractivity contribution is -0.137. The highest BCUT2D eigenvalue weighted by atomic mass is 32.2. The largest absolute Gasteiger partial charge is 0.416 e. The molecule has 0 radical (unpaired) electrons. The zero-order chi connectivity index (χ0) is 25.0. The molecule has 0 unspecified atom stereocenters. The van der Waals surface area contributed by atoms with Crippen LogP contribution in [0.25, 0.3) is 17.1 Å². The van der Waals surface area contributed by atoms with E-state index in [1.165, 1.54) is 29.2 Å². The Balaban J connectivity index is 1.66. The number of rotatable bonds is 8. The first-order valence-electron chi connectivity index (χ1n) is 10.7. The van der Waals surface area contributed by atoms with Crippen LogP contribution >= 0.6 is 23.1 Å². The Bertz CT molecular complexity index is 1300. The molecule has 0 bridgehead atoms. The Hall–Kier alpha value is -3.25. The fraction of sp³-hybridized carbons (Fsp3) is 0.261. The van der Waals surface area contributed by atoms with Crippen LogP contribution in [0.2, 0.25) is 0 Å². The maximum absolute atomic E-state index is 13.4. The fourth-order valence-electron chi connectivity index (χ4n) is 3.38. The minimum atomic E-state index is -4.48. The van der Waals surface area contributed by atoms with Gasteiger partial charge in [0.1, 0.15) is 10.7 Å². The summed E-state index contributed by atoms with van der Waals surface area (Å²) >= 11 is 2.64. The van der Waals surface area contributed by atoms with Gasteiger partial charge in [-0.15, -0.1) is 21.5 Å². The Labute approximate surface area is 208 Å². The lowest BCUT2D eigenvalue weighted by Crippen LogP contribution is -2.30. The van der Waals surface area contributed by atoms with Crippen LogP contribution in [-0.2, 0) is 11.9 Å². The Kier molecular flexibility index (Phi) is 7.51. The standard InChI is InChI=1S/C23H21F3N6OS2/c1-3-31(4-2)21(33)18-13-34-19(28-18)14-35-22-30-29-20(15-8-10-27-11-9-15)32(22)17-7-5-6-16(12-17)23(24,25)26/h5-13H,3-4,14H2,1-2H3. The number of benzene rings is 1. The van der Waals surface area contributed by atoms with Crippen LogP contribution in [0.15, 0.2) is 59.3 Å². The first kappa shape index (κ1) is 24.9. The molecular weight excluding hydrogens is 497 g/mol. The summed E-state index contributed by atoms with van der Waals surface area (Å²) in [4.78, 5) is 22.7. The summed E-state index contributed by atoms with van der Waals surface area (Å²) in [6.07, 6.45) is -1.32. The summed E-state index contributed by atoms with van der Waals surface area (Å²) < 4.78 is 41.7. The molecule has 1 amide bonds. The van der Waals surface area contributed by atoms with Gasteiger partial charge < -0.3 is 4.90 Å². The second kappa shape index (κ2) is 10.6. The van der Waals surface area contributed by atoms with Gasteiger partial charge in [0.05, 0.1) is 17.0 Å². The maximum atomic E-state index is 13.4. The number of hydrogen-bond donors (Lipinski definition) is 0. The van der Waals surface area contributed by atoms with Crippen molar-refractivity contribution in [3.63, 3.8) is 0 Å². The van der Waals surface area contributed by atoms with Crippen molar-refractivity contribution in [2.75, 3.05) is 13.1 Å². The molecule has 0 saturated heterocycles. The Morgan fingerprint density at radius 2 is 1.86 bits per heavy atom. The van der Waals surface area contributed by atoms with Gasteiger partial charge in [-0.25, -0.2) is 4.98 Å². The van der Waals surface area contributed by atoms with Crippen LogP contribution in [0.3, 0.4) is 0 Å². The topological polar surface area (TPSA) is 76.8 Å². The van der Waals surface area contributed by atoms with Gasteiger partial charge in [0, 0.05) is 36.4 Å². The highest BCUT2D eigenvalue weighted by Gasteiger charge is 2.31. The average Bonchev–Trinajstić information content (AvgIpc) is 3.51. The van der Waals surface area contributed by atoms with Crippen LogP contribution in [0.4, 0.5) is 13.2 Å². The second-order valence-corrected chi connectivity index (χ2v) is 9.20. The summed E-state index contributed by atoms with van der Waals surface area (Å²) in [5.41, 5.74) is 0.569. The number of amides is 1. The molecular formula is C23H21F3N6OS2. The Morgan fingerprint density at radius 3 is 2.54 bits per heavy atom. The van der Waals surface area contributed by atoms with Crippen molar-refractivity contribution in [2.24, 2.45) is 0 Å². The predicted molar refractivity (Wildman–Crippen MR) is 129 cm³/mol. The highest BCUT2D eigenvalue weighted by Crippen LogP contribution is 2.34. The van der Waals surface area contributed by atoms with E-state index in [1.54, 1.807) is 45.4 Å². The van der Waals surface area contributed by atoms with E-state index in [1.807, 2.05) is 13.8 Å². The molecule has 3 heterocycles. The number of nitrogens with zero attached hydrogens (tertiary/aromatic N) is 6. The van der Waals surface area contributed by atoms with Gasteiger partial charge >= 0.3 is 6.18 Å². The van der Waals surface area contributed by atoms with Crippen molar-refractivity contribution in [2.45, 2.75) is 30.9 Å². The van der Waals surface area contributed by atoms with E-state index in [0.717, 1.165) is 12.1 Å². The van der Waals surface area contributed by atoms with E-state index in [0.29, 0.717) is 46.1 Å². The lowest BCUT2D eigenvalue weighted by Gasteiger charge is -2.16. The zero-order valence-corrected chi connectivity index (χ0v) is 20.5. The quantitative estimate of drug-likeness (QED) is 0.284. The monoisotopic (exact) mass is 518 g/mol. The lowest BCUT2D eigenvalue weighted by atomic mass is 10.2. The molecule has 0 saturated carbocycles. The van der Waals surface area contributed by atoms with E-state index in [-0.39, 0.29) is 11.6 Å². The summed E-state index contributed by atoms with van der Waals surface area (Å²) in [5, 5.41) is 11.3. The first-order chi connectivity index (χ1) is 16.8. The van der Waals surface area contributed by atoms with Crippen LogP contribution in [0, 0.1) is 0 Å². The van der Waals surface area contributed by atoms with E-state index in [4.69, 9.17) is 0 Å². The molecule has 182 valence electrons. The van der Waals surface area contributed by atoms with E-state index >= 15 is 0 Å². The van der Waals surface area contributed by atoms with E-state index in [9.17, 15) is 18.0 Å². The fourth-order valence-corrected chi connectivity index (χ4v) is 5.12. The SMILES string of the molecule is CCN(CC)C(=O)c1csc(CSc2nnc(-c3ccncc3)n2-c2cccc(C(F)(F)F)c2)n1. The first-order valence-corrected chi connectivity index (χ1v) is 12.6. The van der Waals surface area contributed by atoms with Gasteiger partial charge in [-0.1, -0.05) is 17.8 Å². The number of thiazole rings is 1. The third-order valence-corrected chi connectivity index (χ3v) is 7.12. The minimum absolute atomic E-state index is 0.130. The van der Waals surface area contributed by atoms with E-state index in [2.05, 4.69) is 20.2 Å². The number of alkyl halides is 3. The van der Waals surface area contributed by atoms with Crippen molar-refractivity contribution in [3.05, 3.63) is 70.4 Å². The summed E-state index contributed by atoms with van der Waals surface area (Å²) in [6.45, 7) is 5.00. The molecule has 4 rings (SSSR count). The van der Waals surface area contributed by atoms with Gasteiger partial charge in [0.2, 0.25) is 0 Å². The summed E-state index contributed by atoms with van der Waals surface area (Å²) in [6, 6.07) is 8.47. The van der Waals surface area contributed by atoms with Crippen LogP contribution < -0.4 is 0 Å². The van der Waals surface area contributed by atoms with Gasteiger partial charge in [-0.05, 0) is 44.2 Å². The molecule has 0 aliphatic carbocycles. The molecule has 0 aliphatic heterocycles. The van der Waals surface area contributed by atoms with Crippen molar-refractivity contribution in [3.8, 4) is 17.1 Å². The molecule has 0 atom stereocenters. The number of hydrogen-bond acceptors (Lipinski definition) is 7. The third kappa shape index (κ3) is 5.54. The van der Waals surface area contributed by atoms with Gasteiger partial charge in [0.15, 0.2) is 11.0 Å². The Morgan fingerprint density at radius 1 is 1.11 bits per heavy atom. The van der Waals surface area contributed by atoms with Gasteiger partial charge in [-0.3, -0.25) is 14.3 Å². The molecule has 0 N–H and O–H groups in total. The van der Waals surface area contributed by atoms with Crippen LogP contribution in [0.1, 0.15) is 34.9 Å². The number of thioether (sulfide) groups is 1. The number of pyridine rings is 1. The third-order valence-electron chi connectivity index (χ3n) is 5.15. The molecule has 7 nitrogen and oxygen atoms in total. The van der Waals surface area contributed by atoms with E-state index < -0.39 is 11.7 Å². The molecule has 0 aliphatic rings. The molecule has 1 aromatic carbocycles. The van der Waals surface area contributed by atoms with Crippen molar-refractivity contribution in [1.82, 2.24) is 29.6 Å². The summed E-state index contributed by atoms with van der Waals surface area (Å²) in [7, 11) is 0. The molecule has 0 fully saturated rings. The van der Waals surface area contributed by atoms with Gasteiger partial charge in [0.25, 0.3) is 5.91 Å². The molecule has 3 aromatic heterocycles. The van der Waals surface area contributed by atoms with Crippen molar-refractivity contribution >= 4 is 29.0 Å². The zero-order valence-electron chi connectivity index (χ0n) is 18.9. The molecule has 0 spiro atoms. The van der Waals surface area contributed by atoms with Crippen LogP contribution in [-0.4, -0.2) is 48.6 Å². The van der Waals surface area contributed by atoms with Crippen molar-refractivity contribution in [1.29, 1.82) is 0 Å². The highest BCUT2D eigenvalue weighted by molar-refractivity contribution is 7.98. The minimum Gasteiger partial charge on any atom is -0.338 e. The summed E-state index contributed by atoms with van der Waals surface area (Å²) in [5.74, 6) is 0.643. The second-order valence-electron chi connectivity index (χ2n) is 7.32. The number of halogens is 3. The maximum Gasteiger partial charge on any atom is 0.416 e. The van der Waals surface area contributed by atoms with Crippen molar-refractivity contribution < 1.29 is 18.0 Å².